The lowest BCUT2D eigenvalue weighted by Gasteiger charge is -2.09. The molecule has 3 aromatic heterocycles. The Labute approximate surface area is 296 Å². The average molecular weight is 659 g/mol. The zero-order chi connectivity index (χ0) is 34.9. The van der Waals surface area contributed by atoms with Crippen molar-refractivity contribution in [3.8, 4) is 39.9 Å². The predicted molar refractivity (Wildman–Crippen MR) is 213 cm³/mol. The Balaban J connectivity index is 1.23. The van der Waals surface area contributed by atoms with Gasteiger partial charge in [-0.05, 0) is 54.5 Å². The van der Waals surface area contributed by atoms with Crippen molar-refractivity contribution in [3.05, 3.63) is 176 Å². The number of hydrogen-bond donors (Lipinski definition) is 0. The first-order chi connectivity index (χ1) is 25.1. The summed E-state index contributed by atoms with van der Waals surface area (Å²) in [4.78, 5) is 14.9. The van der Waals surface area contributed by atoms with Gasteiger partial charge in [0.15, 0.2) is 17.5 Å². The van der Waals surface area contributed by atoms with Crippen molar-refractivity contribution >= 4 is 50.6 Å². The molecule has 0 amide bonds. The molecule has 0 aliphatic heterocycles. The van der Waals surface area contributed by atoms with Gasteiger partial charge in [-0.25, -0.2) is 15.0 Å². The van der Waals surface area contributed by atoms with E-state index in [1.54, 1.807) is 6.08 Å². The zero-order valence-corrected chi connectivity index (χ0v) is 28.3. The van der Waals surface area contributed by atoms with E-state index in [9.17, 15) is 0 Å². The fourth-order valence-corrected chi connectivity index (χ4v) is 6.72. The average Bonchev–Trinajstić information content (AvgIpc) is 3.72. The van der Waals surface area contributed by atoms with Crippen molar-refractivity contribution in [1.29, 1.82) is 0 Å². The van der Waals surface area contributed by atoms with Crippen LogP contribution in [0.15, 0.2) is 164 Å². The largest absolute Gasteiger partial charge is 0.456 e. The van der Waals surface area contributed by atoms with Crippen molar-refractivity contribution in [3.63, 3.8) is 0 Å². The van der Waals surface area contributed by atoms with Crippen LogP contribution >= 0.6 is 0 Å². The van der Waals surface area contributed by atoms with Crippen molar-refractivity contribution in [2.24, 2.45) is 0 Å². The first-order valence-electron chi connectivity index (χ1n) is 16.8. The van der Waals surface area contributed by atoms with Crippen molar-refractivity contribution in [1.82, 2.24) is 19.5 Å². The maximum atomic E-state index is 6.55. The van der Waals surface area contributed by atoms with Crippen LogP contribution in [0.5, 0.6) is 0 Å². The van der Waals surface area contributed by atoms with Gasteiger partial charge in [-0.15, -0.1) is 0 Å². The molecule has 244 valence electrons. The quantitative estimate of drug-likeness (QED) is 0.145. The molecule has 0 saturated carbocycles. The van der Waals surface area contributed by atoms with Crippen molar-refractivity contribution < 1.29 is 4.42 Å². The van der Waals surface area contributed by atoms with Crippen LogP contribution in [0.4, 0.5) is 0 Å². The second-order valence-electron chi connectivity index (χ2n) is 12.1. The van der Waals surface area contributed by atoms with Gasteiger partial charge in [0.2, 0.25) is 0 Å². The van der Waals surface area contributed by atoms with E-state index in [1.807, 2.05) is 79.8 Å². The highest BCUT2D eigenvalue weighted by molar-refractivity contribution is 6.06. The molecule has 0 saturated heterocycles. The minimum Gasteiger partial charge on any atom is -0.456 e. The predicted octanol–water partition coefficient (Wildman–Crippen LogP) is 12.1. The normalized spacial score (nSPS) is 11.9. The van der Waals surface area contributed by atoms with Gasteiger partial charge in [-0.2, -0.15) is 0 Å². The monoisotopic (exact) mass is 658 g/mol. The van der Waals surface area contributed by atoms with Gasteiger partial charge in [0.05, 0.1) is 11.2 Å². The van der Waals surface area contributed by atoms with E-state index in [0.29, 0.717) is 17.5 Å². The van der Waals surface area contributed by atoms with E-state index in [4.69, 9.17) is 19.4 Å². The van der Waals surface area contributed by atoms with Crippen LogP contribution < -0.4 is 0 Å². The Kier molecular flexibility index (Phi) is 8.14. The summed E-state index contributed by atoms with van der Waals surface area (Å²) >= 11 is 0. The Bertz CT molecular complexity index is 2690. The second-order valence-corrected chi connectivity index (χ2v) is 12.1. The highest BCUT2D eigenvalue weighted by Gasteiger charge is 2.18. The van der Waals surface area contributed by atoms with E-state index in [0.717, 1.165) is 77.6 Å². The smallest absolute Gasteiger partial charge is 0.164 e. The lowest BCUT2D eigenvalue weighted by atomic mass is 10.0. The summed E-state index contributed by atoms with van der Waals surface area (Å²) in [5, 5.41) is 3.18. The van der Waals surface area contributed by atoms with E-state index < -0.39 is 0 Å². The Hall–Kier alpha value is -6.85. The molecular formula is C46H34N4O. The van der Waals surface area contributed by atoms with Gasteiger partial charge in [0.1, 0.15) is 11.2 Å². The first kappa shape index (κ1) is 31.4. The fourth-order valence-electron chi connectivity index (χ4n) is 6.72. The van der Waals surface area contributed by atoms with E-state index in [-0.39, 0.29) is 0 Å². The summed E-state index contributed by atoms with van der Waals surface area (Å²) in [7, 11) is 0. The summed E-state index contributed by atoms with van der Waals surface area (Å²) in [6.07, 6.45) is 11.6. The number of furan rings is 1. The van der Waals surface area contributed by atoms with Crippen LogP contribution in [0.1, 0.15) is 23.7 Å². The molecule has 51 heavy (non-hydrogen) atoms. The Morgan fingerprint density at radius 1 is 0.627 bits per heavy atom. The van der Waals surface area contributed by atoms with Crippen LogP contribution in [-0.4, -0.2) is 19.5 Å². The fraction of sp³-hybridized carbons (Fsp3) is 0.0217. The van der Waals surface area contributed by atoms with Gasteiger partial charge in [-0.1, -0.05) is 129 Å². The molecule has 8 rings (SSSR count). The molecule has 0 radical (unpaired) electrons. The summed E-state index contributed by atoms with van der Waals surface area (Å²) in [5.41, 5.74) is 10.5. The van der Waals surface area contributed by atoms with Gasteiger partial charge >= 0.3 is 0 Å². The number of fused-ring (bicyclic) bond motifs is 4. The minimum absolute atomic E-state index is 0.570. The van der Waals surface area contributed by atoms with Gasteiger partial charge in [0.25, 0.3) is 0 Å². The second kappa shape index (κ2) is 13.2. The van der Waals surface area contributed by atoms with E-state index in [1.165, 1.54) is 0 Å². The summed E-state index contributed by atoms with van der Waals surface area (Å²) in [5.74, 6) is 1.77. The minimum atomic E-state index is 0.570. The molecule has 5 nitrogen and oxygen atoms in total. The van der Waals surface area contributed by atoms with Gasteiger partial charge in [0, 0.05) is 50.2 Å². The van der Waals surface area contributed by atoms with E-state index in [2.05, 4.69) is 97.1 Å². The lowest BCUT2D eigenvalue weighted by molar-refractivity contribution is 0.668. The van der Waals surface area contributed by atoms with E-state index >= 15 is 0 Å². The molecule has 3 heterocycles. The number of benzene rings is 5. The number of nitrogens with zero attached hydrogens (tertiary/aromatic N) is 4. The van der Waals surface area contributed by atoms with Crippen LogP contribution in [-0.2, 0) is 0 Å². The number of allylic oxidation sites excluding steroid dienone is 5. The third kappa shape index (κ3) is 5.61. The topological polar surface area (TPSA) is 56.7 Å². The third-order valence-corrected chi connectivity index (χ3v) is 9.19. The molecule has 0 aliphatic carbocycles. The number of hydrogen-bond acceptors (Lipinski definition) is 4. The zero-order valence-electron chi connectivity index (χ0n) is 28.3. The van der Waals surface area contributed by atoms with Gasteiger partial charge in [-0.3, -0.25) is 0 Å². The maximum absolute atomic E-state index is 6.55. The van der Waals surface area contributed by atoms with Crippen LogP contribution in [0, 0.1) is 0 Å². The Morgan fingerprint density at radius 3 is 1.94 bits per heavy atom. The van der Waals surface area contributed by atoms with Crippen LogP contribution in [0.2, 0.25) is 0 Å². The number of rotatable bonds is 9. The maximum Gasteiger partial charge on any atom is 0.164 e. The molecule has 0 fully saturated rings. The van der Waals surface area contributed by atoms with Gasteiger partial charge < -0.3 is 8.98 Å². The molecule has 0 atom stereocenters. The summed E-state index contributed by atoms with van der Waals surface area (Å²) < 4.78 is 8.76. The third-order valence-electron chi connectivity index (χ3n) is 9.19. The lowest BCUT2D eigenvalue weighted by Crippen LogP contribution is -2.00. The number of aromatic nitrogens is 4. The van der Waals surface area contributed by atoms with Crippen molar-refractivity contribution in [2.45, 2.75) is 6.92 Å². The molecule has 5 heteroatoms. The molecular weight excluding hydrogens is 625 g/mol. The first-order valence-corrected chi connectivity index (χ1v) is 16.8. The summed E-state index contributed by atoms with van der Waals surface area (Å²) in [6, 6.07) is 39.1. The summed E-state index contributed by atoms with van der Waals surface area (Å²) in [6.45, 7) is 14.0. The highest BCUT2D eigenvalue weighted by atomic mass is 16.3. The number of para-hydroxylation sites is 1. The standard InChI is InChI=1S/C46H34N4O/c1-5-9-15-30(6-2)31-20-22-33(23-21-31)45-47-44(32-16-11-10-12-17-32)48-46(49-45)34-24-26-38-39-27-25-35(29-43(39)51-42(38)28-34)50-40(8-4)36(7-3)37-18-13-14-19-41(37)50/h5-29H,1,3-4H2,2H3/b15-9-,30-6+. The molecule has 0 unspecified atom stereocenters. The molecule has 0 aliphatic rings. The van der Waals surface area contributed by atoms with Crippen LogP contribution in [0.3, 0.4) is 0 Å². The molecule has 0 spiro atoms. The molecule has 5 aromatic carbocycles. The van der Waals surface area contributed by atoms with Crippen molar-refractivity contribution in [2.75, 3.05) is 0 Å². The molecule has 0 bridgehead atoms. The van der Waals surface area contributed by atoms with Crippen LogP contribution in [0.25, 0.3) is 90.4 Å². The SMILES string of the molecule is C=C/C=C\C(=C/C)c1ccc(-c2nc(-c3ccccc3)nc(-c3ccc4c(c3)oc3cc(-n5c(C=C)c(C=C)c6ccccc65)ccc34)n2)cc1. The Morgan fingerprint density at radius 2 is 1.25 bits per heavy atom. The molecule has 0 N–H and O–H groups in total. The highest BCUT2D eigenvalue weighted by Crippen LogP contribution is 2.36. The molecule has 8 aromatic rings.